The van der Waals surface area contributed by atoms with Crippen molar-refractivity contribution in [1.82, 2.24) is 10.6 Å². The van der Waals surface area contributed by atoms with Crippen LogP contribution in [-0.2, 0) is 17.7 Å². The van der Waals surface area contributed by atoms with Crippen LogP contribution in [0.3, 0.4) is 0 Å². The number of hydrogen-bond donors (Lipinski definition) is 2. The highest BCUT2D eigenvalue weighted by molar-refractivity contribution is 7.09. The van der Waals surface area contributed by atoms with Crippen LogP contribution in [0.5, 0.6) is 0 Å². The largest absolute Gasteiger partial charge is 0.462 e. The molecular formula is C19H25N3O2S. The van der Waals surface area contributed by atoms with Gasteiger partial charge in [0.05, 0.1) is 18.7 Å². The number of hydrogen-bond acceptors (Lipinski definition) is 4. The van der Waals surface area contributed by atoms with E-state index in [4.69, 9.17) is 4.74 Å². The Kier molecular flexibility index (Phi) is 7.98. The number of nitrogens with one attached hydrogen (secondary N) is 2. The summed E-state index contributed by atoms with van der Waals surface area (Å²) in [5.74, 6) is 0.509. The average molecular weight is 359 g/mol. The number of ether oxygens (including phenoxy) is 1. The number of thiophene rings is 1. The van der Waals surface area contributed by atoms with E-state index in [1.807, 2.05) is 19.1 Å². The highest BCUT2D eigenvalue weighted by Crippen LogP contribution is 2.09. The topological polar surface area (TPSA) is 62.7 Å². The molecule has 0 fully saturated rings. The Labute approximate surface area is 153 Å². The molecule has 0 unspecified atom stereocenters. The molecule has 1 heterocycles. The fourth-order valence-electron chi connectivity index (χ4n) is 2.23. The molecule has 0 amide bonds. The van der Waals surface area contributed by atoms with Crippen molar-refractivity contribution in [3.05, 3.63) is 57.8 Å². The van der Waals surface area contributed by atoms with Gasteiger partial charge in [-0.05, 0) is 49.4 Å². The van der Waals surface area contributed by atoms with Gasteiger partial charge < -0.3 is 15.4 Å². The maximum absolute atomic E-state index is 11.7. The lowest BCUT2D eigenvalue weighted by atomic mass is 10.1. The van der Waals surface area contributed by atoms with Crippen molar-refractivity contribution in [2.24, 2.45) is 4.99 Å². The number of benzene rings is 1. The standard InChI is InChI=1S/C19H25N3O2S/c1-3-20-19(21-12-11-17-6-5-13-25-17)22-14-15-7-9-16(10-8-15)18(23)24-4-2/h5-10,13H,3-4,11-12,14H2,1-2H3,(H2,20,21,22). The number of esters is 1. The molecule has 5 nitrogen and oxygen atoms in total. The molecule has 0 radical (unpaired) electrons. The van der Waals surface area contributed by atoms with Crippen LogP contribution in [-0.4, -0.2) is 31.6 Å². The minimum Gasteiger partial charge on any atom is -0.462 e. The predicted octanol–water partition coefficient (Wildman–Crippen LogP) is 3.22. The molecule has 0 spiro atoms. The second-order valence-corrected chi connectivity index (χ2v) is 6.40. The zero-order valence-corrected chi connectivity index (χ0v) is 15.6. The molecule has 0 saturated heterocycles. The molecule has 134 valence electrons. The monoisotopic (exact) mass is 359 g/mol. The fourth-order valence-corrected chi connectivity index (χ4v) is 2.94. The summed E-state index contributed by atoms with van der Waals surface area (Å²) < 4.78 is 4.99. The number of carbonyl (C=O) groups is 1. The van der Waals surface area contributed by atoms with Crippen molar-refractivity contribution in [3.8, 4) is 0 Å². The van der Waals surface area contributed by atoms with Crippen LogP contribution in [0, 0.1) is 0 Å². The number of carbonyl (C=O) groups excluding carboxylic acids is 1. The van der Waals surface area contributed by atoms with Crippen LogP contribution in [0.15, 0.2) is 46.8 Å². The summed E-state index contributed by atoms with van der Waals surface area (Å²) in [4.78, 5) is 17.6. The molecule has 0 bridgehead atoms. The van der Waals surface area contributed by atoms with Crippen LogP contribution in [0.4, 0.5) is 0 Å². The molecule has 1 aromatic heterocycles. The lowest BCUT2D eigenvalue weighted by Crippen LogP contribution is -2.38. The average Bonchev–Trinajstić information content (AvgIpc) is 3.14. The molecule has 0 aliphatic heterocycles. The Morgan fingerprint density at radius 1 is 1.16 bits per heavy atom. The molecule has 1 aromatic carbocycles. The van der Waals surface area contributed by atoms with Gasteiger partial charge in [0.2, 0.25) is 0 Å². The third kappa shape index (κ3) is 6.58. The van der Waals surface area contributed by atoms with E-state index in [2.05, 4.69) is 33.1 Å². The molecule has 0 atom stereocenters. The molecule has 0 aliphatic carbocycles. The Morgan fingerprint density at radius 3 is 2.60 bits per heavy atom. The van der Waals surface area contributed by atoms with Gasteiger partial charge in [-0.2, -0.15) is 0 Å². The molecule has 25 heavy (non-hydrogen) atoms. The second-order valence-electron chi connectivity index (χ2n) is 5.37. The lowest BCUT2D eigenvalue weighted by Gasteiger charge is -2.11. The van der Waals surface area contributed by atoms with Gasteiger partial charge in [-0.3, -0.25) is 0 Å². The minimum absolute atomic E-state index is 0.291. The van der Waals surface area contributed by atoms with E-state index in [-0.39, 0.29) is 5.97 Å². The first-order chi connectivity index (χ1) is 12.2. The van der Waals surface area contributed by atoms with Crippen molar-refractivity contribution >= 4 is 23.3 Å². The SMILES string of the molecule is CCNC(=NCc1ccc(C(=O)OCC)cc1)NCCc1cccs1. The number of guanidine groups is 1. The van der Waals surface area contributed by atoms with E-state index in [9.17, 15) is 4.79 Å². The first-order valence-corrected chi connectivity index (χ1v) is 9.41. The second kappa shape index (κ2) is 10.5. The summed E-state index contributed by atoms with van der Waals surface area (Å²) in [6, 6.07) is 11.6. The van der Waals surface area contributed by atoms with Crippen LogP contribution in [0.25, 0.3) is 0 Å². The molecular weight excluding hydrogens is 334 g/mol. The van der Waals surface area contributed by atoms with Gasteiger partial charge in [0, 0.05) is 18.0 Å². The Balaban J connectivity index is 1.87. The third-order valence-corrected chi connectivity index (χ3v) is 4.41. The zero-order valence-electron chi connectivity index (χ0n) is 14.7. The van der Waals surface area contributed by atoms with Gasteiger partial charge in [-0.15, -0.1) is 11.3 Å². The number of rotatable bonds is 8. The van der Waals surface area contributed by atoms with Gasteiger partial charge in [0.1, 0.15) is 0 Å². The van der Waals surface area contributed by atoms with E-state index >= 15 is 0 Å². The lowest BCUT2D eigenvalue weighted by molar-refractivity contribution is 0.0526. The van der Waals surface area contributed by atoms with Crippen molar-refractivity contribution in [2.75, 3.05) is 19.7 Å². The van der Waals surface area contributed by atoms with E-state index in [1.54, 1.807) is 30.4 Å². The minimum atomic E-state index is -0.291. The van der Waals surface area contributed by atoms with E-state index in [1.165, 1.54) is 4.88 Å². The smallest absolute Gasteiger partial charge is 0.338 e. The number of nitrogens with zero attached hydrogens (tertiary/aromatic N) is 1. The summed E-state index contributed by atoms with van der Waals surface area (Å²) in [6.07, 6.45) is 0.982. The number of aliphatic imine (C=N–C) groups is 1. The Morgan fingerprint density at radius 2 is 1.96 bits per heavy atom. The molecule has 0 aliphatic rings. The maximum atomic E-state index is 11.7. The highest BCUT2D eigenvalue weighted by Gasteiger charge is 2.05. The molecule has 0 saturated carbocycles. The van der Waals surface area contributed by atoms with Crippen LogP contribution < -0.4 is 10.6 Å². The van der Waals surface area contributed by atoms with Gasteiger partial charge in [-0.1, -0.05) is 18.2 Å². The van der Waals surface area contributed by atoms with Gasteiger partial charge in [-0.25, -0.2) is 9.79 Å². The molecule has 2 N–H and O–H groups in total. The van der Waals surface area contributed by atoms with Crippen molar-refractivity contribution in [3.63, 3.8) is 0 Å². The van der Waals surface area contributed by atoms with E-state index in [0.29, 0.717) is 18.7 Å². The van der Waals surface area contributed by atoms with Crippen LogP contribution in [0.2, 0.25) is 0 Å². The zero-order chi connectivity index (χ0) is 17.9. The van der Waals surface area contributed by atoms with Crippen molar-refractivity contribution < 1.29 is 9.53 Å². The predicted molar refractivity (Wildman–Crippen MR) is 103 cm³/mol. The summed E-state index contributed by atoms with van der Waals surface area (Å²) >= 11 is 1.77. The first-order valence-electron chi connectivity index (χ1n) is 8.53. The van der Waals surface area contributed by atoms with Gasteiger partial charge in [0.15, 0.2) is 5.96 Å². The van der Waals surface area contributed by atoms with Gasteiger partial charge in [0.25, 0.3) is 0 Å². The van der Waals surface area contributed by atoms with Gasteiger partial charge >= 0.3 is 5.97 Å². The fraction of sp³-hybridized carbons (Fsp3) is 0.368. The quantitative estimate of drug-likeness (QED) is 0.432. The van der Waals surface area contributed by atoms with E-state index < -0.39 is 0 Å². The molecule has 2 rings (SSSR count). The highest BCUT2D eigenvalue weighted by atomic mass is 32.1. The van der Waals surface area contributed by atoms with Crippen LogP contribution in [0.1, 0.15) is 34.6 Å². The maximum Gasteiger partial charge on any atom is 0.338 e. The van der Waals surface area contributed by atoms with E-state index in [0.717, 1.165) is 31.0 Å². The Hall–Kier alpha value is -2.34. The third-order valence-electron chi connectivity index (χ3n) is 3.47. The Bertz CT molecular complexity index is 666. The summed E-state index contributed by atoms with van der Waals surface area (Å²) in [7, 11) is 0. The molecule has 6 heteroatoms. The summed E-state index contributed by atoms with van der Waals surface area (Å²) in [5.41, 5.74) is 1.61. The molecule has 2 aromatic rings. The normalized spacial score (nSPS) is 11.2. The summed E-state index contributed by atoms with van der Waals surface area (Å²) in [6.45, 7) is 6.44. The first kappa shape index (κ1) is 19.0. The van der Waals surface area contributed by atoms with Crippen molar-refractivity contribution in [1.29, 1.82) is 0 Å². The van der Waals surface area contributed by atoms with Crippen molar-refractivity contribution in [2.45, 2.75) is 26.8 Å². The summed E-state index contributed by atoms with van der Waals surface area (Å²) in [5, 5.41) is 8.69. The van der Waals surface area contributed by atoms with Crippen LogP contribution >= 0.6 is 11.3 Å².